The Morgan fingerprint density at radius 1 is 1.29 bits per heavy atom. The van der Waals surface area contributed by atoms with Gasteiger partial charge in [-0.05, 0) is 23.6 Å². The van der Waals surface area contributed by atoms with Gasteiger partial charge in [0, 0.05) is 9.30 Å². The molecule has 5 heteroatoms. The average Bonchev–Trinajstić information content (AvgIpc) is 2.65. The molecule has 1 aromatic heterocycles. The molecule has 0 amide bonds. The molecule has 0 bridgehead atoms. The molecule has 1 heterocycles. The smallest absolute Gasteiger partial charge is 0.306 e. The lowest BCUT2D eigenvalue weighted by molar-refractivity contribution is 0.555. The fraction of sp³-hybridized carbons (Fsp3) is 0.417. The standard InChI is InChI=1S/C12H14Br2N2O/c1-3-6(2)11(14)7-4-9-10(5-8(7)13)16-12(17)15-9/h4-6,11H,3H2,1-2H3,(H2,15,16,17). The molecule has 2 atom stereocenters. The maximum atomic E-state index is 11.2. The highest BCUT2D eigenvalue weighted by atomic mass is 79.9. The minimum absolute atomic E-state index is 0.168. The Labute approximate surface area is 116 Å². The van der Waals surface area contributed by atoms with Crippen LogP contribution in [0.1, 0.15) is 30.7 Å². The van der Waals surface area contributed by atoms with Gasteiger partial charge in [0.15, 0.2) is 0 Å². The van der Waals surface area contributed by atoms with Crippen molar-refractivity contribution in [1.29, 1.82) is 0 Å². The first-order valence-corrected chi connectivity index (χ1v) is 7.29. The Balaban J connectivity index is 2.53. The number of aromatic nitrogens is 2. The average molecular weight is 362 g/mol. The predicted octanol–water partition coefficient (Wildman–Crippen LogP) is 4.10. The van der Waals surface area contributed by atoms with Gasteiger partial charge in [-0.15, -0.1) is 0 Å². The number of H-pyrrole nitrogens is 2. The van der Waals surface area contributed by atoms with Gasteiger partial charge in [0.05, 0.1) is 11.0 Å². The fourth-order valence-corrected chi connectivity index (χ4v) is 3.45. The van der Waals surface area contributed by atoms with Gasteiger partial charge in [0.1, 0.15) is 0 Å². The van der Waals surface area contributed by atoms with E-state index in [0.717, 1.165) is 21.9 Å². The monoisotopic (exact) mass is 360 g/mol. The van der Waals surface area contributed by atoms with E-state index in [-0.39, 0.29) is 10.5 Å². The highest BCUT2D eigenvalue weighted by Crippen LogP contribution is 2.38. The molecule has 0 aliphatic heterocycles. The first kappa shape index (κ1) is 12.9. The first-order valence-electron chi connectivity index (χ1n) is 5.58. The second-order valence-electron chi connectivity index (χ2n) is 4.29. The molecule has 0 aliphatic rings. The van der Waals surface area contributed by atoms with Crippen molar-refractivity contribution < 1.29 is 0 Å². The number of rotatable bonds is 3. The van der Waals surface area contributed by atoms with Crippen molar-refractivity contribution in [3.05, 3.63) is 32.7 Å². The van der Waals surface area contributed by atoms with Crippen molar-refractivity contribution in [2.45, 2.75) is 25.1 Å². The number of aromatic amines is 2. The molecule has 92 valence electrons. The van der Waals surface area contributed by atoms with Gasteiger partial charge < -0.3 is 9.97 Å². The van der Waals surface area contributed by atoms with Gasteiger partial charge in [-0.2, -0.15) is 0 Å². The summed E-state index contributed by atoms with van der Waals surface area (Å²) in [6.45, 7) is 4.37. The van der Waals surface area contributed by atoms with Gasteiger partial charge in [-0.1, -0.05) is 52.1 Å². The van der Waals surface area contributed by atoms with E-state index >= 15 is 0 Å². The number of benzene rings is 1. The van der Waals surface area contributed by atoms with E-state index in [9.17, 15) is 4.79 Å². The number of nitrogens with one attached hydrogen (secondary N) is 2. The van der Waals surface area contributed by atoms with Crippen LogP contribution in [0.4, 0.5) is 0 Å². The number of fused-ring (bicyclic) bond motifs is 1. The number of hydrogen-bond donors (Lipinski definition) is 2. The van der Waals surface area contributed by atoms with Gasteiger partial charge >= 0.3 is 5.69 Å². The quantitative estimate of drug-likeness (QED) is 0.794. The summed E-state index contributed by atoms with van der Waals surface area (Å²) in [5.41, 5.74) is 2.68. The molecule has 2 unspecified atom stereocenters. The van der Waals surface area contributed by atoms with Crippen LogP contribution in [-0.4, -0.2) is 9.97 Å². The summed E-state index contributed by atoms with van der Waals surface area (Å²) >= 11 is 7.28. The van der Waals surface area contributed by atoms with Crippen LogP contribution < -0.4 is 5.69 Å². The maximum absolute atomic E-state index is 11.2. The Hall–Kier alpha value is -0.550. The van der Waals surface area contributed by atoms with Gasteiger partial charge in [-0.3, -0.25) is 0 Å². The number of imidazole rings is 1. The maximum Gasteiger partial charge on any atom is 0.323 e. The molecule has 1 aromatic carbocycles. The van der Waals surface area contributed by atoms with E-state index < -0.39 is 0 Å². The summed E-state index contributed by atoms with van der Waals surface area (Å²) in [5.74, 6) is 0.536. The van der Waals surface area contributed by atoms with Crippen molar-refractivity contribution in [3.63, 3.8) is 0 Å². The van der Waals surface area contributed by atoms with Crippen LogP contribution in [0.25, 0.3) is 11.0 Å². The molecule has 2 N–H and O–H groups in total. The minimum Gasteiger partial charge on any atom is -0.306 e. The summed E-state index contributed by atoms with van der Waals surface area (Å²) < 4.78 is 1.02. The summed E-state index contributed by atoms with van der Waals surface area (Å²) in [6.07, 6.45) is 1.10. The predicted molar refractivity (Wildman–Crippen MR) is 77.7 cm³/mol. The third-order valence-electron chi connectivity index (χ3n) is 3.07. The van der Waals surface area contributed by atoms with Crippen LogP contribution in [-0.2, 0) is 0 Å². The van der Waals surface area contributed by atoms with Gasteiger partial charge in [-0.25, -0.2) is 4.79 Å². The fourth-order valence-electron chi connectivity index (χ4n) is 1.80. The van der Waals surface area contributed by atoms with E-state index in [1.165, 1.54) is 5.56 Å². The lowest BCUT2D eigenvalue weighted by Crippen LogP contribution is -2.03. The highest BCUT2D eigenvalue weighted by Gasteiger charge is 2.18. The highest BCUT2D eigenvalue weighted by molar-refractivity contribution is 9.11. The Kier molecular flexibility index (Phi) is 3.78. The Morgan fingerprint density at radius 2 is 1.88 bits per heavy atom. The Morgan fingerprint density at radius 3 is 2.47 bits per heavy atom. The number of hydrogen-bond acceptors (Lipinski definition) is 1. The molecule has 0 aliphatic carbocycles. The topological polar surface area (TPSA) is 48.6 Å². The minimum atomic E-state index is -0.168. The van der Waals surface area contributed by atoms with Crippen molar-refractivity contribution in [3.8, 4) is 0 Å². The van der Waals surface area contributed by atoms with Crippen molar-refractivity contribution in [1.82, 2.24) is 9.97 Å². The molecular formula is C12H14Br2N2O. The van der Waals surface area contributed by atoms with E-state index in [1.54, 1.807) is 0 Å². The van der Waals surface area contributed by atoms with Gasteiger partial charge in [0.2, 0.25) is 0 Å². The Bertz CT molecular complexity index is 588. The third kappa shape index (κ3) is 2.50. The van der Waals surface area contributed by atoms with Crippen LogP contribution >= 0.6 is 31.9 Å². The molecule has 17 heavy (non-hydrogen) atoms. The number of halogens is 2. The van der Waals surface area contributed by atoms with Crippen molar-refractivity contribution in [2.75, 3.05) is 0 Å². The molecule has 0 saturated heterocycles. The molecule has 0 saturated carbocycles. The number of alkyl halides is 1. The molecule has 2 aromatic rings. The molecule has 0 fully saturated rings. The first-order chi connectivity index (χ1) is 8.02. The SMILES string of the molecule is CCC(C)C(Br)c1cc2[nH]c(=O)[nH]c2cc1Br. The lowest BCUT2D eigenvalue weighted by atomic mass is 9.98. The molecule has 0 spiro atoms. The molecule has 2 rings (SSSR count). The van der Waals surface area contributed by atoms with Gasteiger partial charge in [0.25, 0.3) is 0 Å². The normalized spacial score (nSPS) is 15.1. The van der Waals surface area contributed by atoms with Crippen LogP contribution in [0.15, 0.2) is 21.4 Å². The summed E-state index contributed by atoms with van der Waals surface area (Å²) in [7, 11) is 0. The molecule has 0 radical (unpaired) electrons. The largest absolute Gasteiger partial charge is 0.323 e. The zero-order chi connectivity index (χ0) is 12.6. The van der Waals surface area contributed by atoms with E-state index in [1.807, 2.05) is 12.1 Å². The van der Waals surface area contributed by atoms with Crippen molar-refractivity contribution >= 4 is 42.9 Å². The van der Waals surface area contributed by atoms with Crippen LogP contribution in [0.3, 0.4) is 0 Å². The second kappa shape index (κ2) is 4.98. The van der Waals surface area contributed by atoms with Crippen LogP contribution in [0.5, 0.6) is 0 Å². The zero-order valence-corrected chi connectivity index (χ0v) is 12.9. The summed E-state index contributed by atoms with van der Waals surface area (Å²) in [4.78, 5) is 17.1. The molecular weight excluding hydrogens is 348 g/mol. The van der Waals surface area contributed by atoms with Crippen LogP contribution in [0, 0.1) is 5.92 Å². The van der Waals surface area contributed by atoms with Crippen molar-refractivity contribution in [2.24, 2.45) is 5.92 Å². The third-order valence-corrected chi connectivity index (χ3v) is 5.16. The lowest BCUT2D eigenvalue weighted by Gasteiger charge is -2.18. The van der Waals surface area contributed by atoms with Crippen LogP contribution in [0.2, 0.25) is 0 Å². The molecule has 3 nitrogen and oxygen atoms in total. The van der Waals surface area contributed by atoms with E-state index in [0.29, 0.717) is 5.92 Å². The summed E-state index contributed by atoms with van der Waals surface area (Å²) in [5, 5.41) is 0. The summed E-state index contributed by atoms with van der Waals surface area (Å²) in [6, 6.07) is 3.96. The van der Waals surface area contributed by atoms with E-state index in [2.05, 4.69) is 55.7 Å². The second-order valence-corrected chi connectivity index (χ2v) is 6.13. The zero-order valence-electron chi connectivity index (χ0n) is 9.68. The van der Waals surface area contributed by atoms with E-state index in [4.69, 9.17) is 0 Å².